The number of carbonyl (C=O) groups excluding carboxylic acids is 1. The van der Waals surface area contributed by atoms with Gasteiger partial charge < -0.3 is 10.1 Å². The number of ether oxygens (including phenoxy) is 1. The molecule has 0 aliphatic carbocycles. The Labute approximate surface area is 183 Å². The molecule has 0 saturated heterocycles. The first-order valence-corrected chi connectivity index (χ1v) is 12.6. The van der Waals surface area contributed by atoms with Crippen LogP contribution in [-0.4, -0.2) is 25.8 Å². The zero-order valence-electron chi connectivity index (χ0n) is 17.7. The summed E-state index contributed by atoms with van der Waals surface area (Å²) in [7, 11) is -4.12. The Bertz CT molecular complexity index is 945. The first-order valence-electron chi connectivity index (χ1n) is 10.1. The maximum absolute atomic E-state index is 12.7. The number of unbranched alkanes of at least 4 members (excludes halogenated alkanes) is 1. The molecule has 2 rings (SSSR count). The number of hydrogen-bond acceptors (Lipinski definition) is 6. The van der Waals surface area contributed by atoms with Gasteiger partial charge in [0.05, 0.1) is 5.69 Å². The lowest BCUT2D eigenvalue weighted by Gasteiger charge is -2.17. The van der Waals surface area contributed by atoms with E-state index in [1.807, 2.05) is 6.07 Å². The number of benzene rings is 2. The number of para-hydroxylation sites is 1. The van der Waals surface area contributed by atoms with Crippen molar-refractivity contribution in [2.75, 3.05) is 17.6 Å². The fourth-order valence-electron chi connectivity index (χ4n) is 2.64. The Morgan fingerprint density at radius 2 is 1.90 bits per heavy atom. The van der Waals surface area contributed by atoms with Crippen LogP contribution in [0.4, 0.5) is 5.69 Å². The van der Waals surface area contributed by atoms with Crippen molar-refractivity contribution in [1.29, 1.82) is 0 Å². The molecule has 0 aromatic heterocycles. The van der Waals surface area contributed by atoms with Gasteiger partial charge in [0.1, 0.15) is 10.6 Å². The molecule has 0 atom stereocenters. The van der Waals surface area contributed by atoms with Crippen molar-refractivity contribution in [3.05, 3.63) is 48.0 Å². The molecular formula is C22H30N2O4S2. The highest BCUT2D eigenvalue weighted by molar-refractivity contribution is 8.14. The summed E-state index contributed by atoms with van der Waals surface area (Å²) in [6.45, 7) is 6.86. The summed E-state index contributed by atoms with van der Waals surface area (Å²) in [6.07, 6.45) is 2.75. The molecule has 6 nitrogen and oxygen atoms in total. The quantitative estimate of drug-likeness (QED) is 0.453. The SMILES string of the molecule is CCCCNc1cc(C(=O)SCCC(C)C)cc(S(N)(=O)=O)c1Oc1ccccc1. The van der Waals surface area contributed by atoms with Crippen LogP contribution < -0.4 is 15.2 Å². The third-order valence-electron chi connectivity index (χ3n) is 4.33. The topological polar surface area (TPSA) is 98.5 Å². The van der Waals surface area contributed by atoms with Crippen LogP contribution >= 0.6 is 11.8 Å². The highest BCUT2D eigenvalue weighted by Gasteiger charge is 2.23. The fraction of sp³-hybridized carbons (Fsp3) is 0.409. The molecule has 30 heavy (non-hydrogen) atoms. The highest BCUT2D eigenvalue weighted by Crippen LogP contribution is 2.38. The standard InChI is InChI=1S/C22H30N2O4S2/c1-4-5-12-24-19-14-17(22(25)29-13-11-16(2)3)15-20(30(23,26)27)21(19)28-18-9-7-6-8-10-18/h6-10,14-16,24H,4-5,11-13H2,1-3H3,(H2,23,26,27). The Morgan fingerprint density at radius 3 is 2.50 bits per heavy atom. The van der Waals surface area contributed by atoms with Gasteiger partial charge in [0, 0.05) is 17.9 Å². The van der Waals surface area contributed by atoms with Gasteiger partial charge in [-0.05, 0) is 43.0 Å². The van der Waals surface area contributed by atoms with E-state index in [2.05, 4.69) is 26.1 Å². The van der Waals surface area contributed by atoms with E-state index in [0.29, 0.717) is 29.7 Å². The molecule has 0 aliphatic rings. The Kier molecular flexibility index (Phi) is 9.20. The van der Waals surface area contributed by atoms with E-state index in [1.165, 1.54) is 17.8 Å². The normalized spacial score (nSPS) is 11.5. The number of carbonyl (C=O) groups is 1. The highest BCUT2D eigenvalue weighted by atomic mass is 32.2. The van der Waals surface area contributed by atoms with Crippen LogP contribution in [0.1, 0.15) is 50.4 Å². The third kappa shape index (κ3) is 7.34. The maximum atomic E-state index is 12.7. The summed E-state index contributed by atoms with van der Waals surface area (Å²) >= 11 is 1.18. The van der Waals surface area contributed by atoms with Gasteiger partial charge in [-0.1, -0.05) is 57.2 Å². The van der Waals surface area contributed by atoms with E-state index in [9.17, 15) is 13.2 Å². The Hall–Kier alpha value is -2.03. The molecule has 0 spiro atoms. The largest absolute Gasteiger partial charge is 0.454 e. The second-order valence-electron chi connectivity index (χ2n) is 7.41. The summed E-state index contributed by atoms with van der Waals surface area (Å²) < 4.78 is 30.6. The zero-order chi connectivity index (χ0) is 22.1. The lowest BCUT2D eigenvalue weighted by Crippen LogP contribution is -2.16. The smallest absolute Gasteiger partial charge is 0.241 e. The van der Waals surface area contributed by atoms with Crippen molar-refractivity contribution in [1.82, 2.24) is 0 Å². The lowest BCUT2D eigenvalue weighted by molar-refractivity contribution is 0.108. The Balaban J connectivity index is 2.47. The average Bonchev–Trinajstić information content (AvgIpc) is 2.68. The van der Waals surface area contributed by atoms with Crippen LogP contribution in [0.3, 0.4) is 0 Å². The molecule has 0 aliphatic heterocycles. The van der Waals surface area contributed by atoms with E-state index in [4.69, 9.17) is 9.88 Å². The minimum Gasteiger partial charge on any atom is -0.454 e. The summed E-state index contributed by atoms with van der Waals surface area (Å²) in [5.74, 6) is 1.73. The first kappa shape index (κ1) is 24.2. The van der Waals surface area contributed by atoms with Crippen molar-refractivity contribution in [2.24, 2.45) is 11.1 Å². The summed E-state index contributed by atoms with van der Waals surface area (Å²) in [5.41, 5.74) is 0.721. The molecule has 0 radical (unpaired) electrons. The molecule has 0 heterocycles. The van der Waals surface area contributed by atoms with Gasteiger partial charge in [-0.3, -0.25) is 4.79 Å². The van der Waals surface area contributed by atoms with E-state index in [-0.39, 0.29) is 21.3 Å². The van der Waals surface area contributed by atoms with Crippen LogP contribution in [0.5, 0.6) is 11.5 Å². The summed E-state index contributed by atoms with van der Waals surface area (Å²) in [5, 5.41) is 8.51. The van der Waals surface area contributed by atoms with Crippen LogP contribution in [0, 0.1) is 5.92 Å². The lowest BCUT2D eigenvalue weighted by atomic mass is 10.2. The van der Waals surface area contributed by atoms with Crippen molar-refractivity contribution in [3.63, 3.8) is 0 Å². The monoisotopic (exact) mass is 450 g/mol. The molecule has 2 aromatic carbocycles. The van der Waals surface area contributed by atoms with Crippen molar-refractivity contribution in [3.8, 4) is 11.5 Å². The molecular weight excluding hydrogens is 420 g/mol. The number of primary sulfonamides is 1. The predicted molar refractivity (Wildman–Crippen MR) is 124 cm³/mol. The van der Waals surface area contributed by atoms with Crippen molar-refractivity contribution < 1.29 is 17.9 Å². The van der Waals surface area contributed by atoms with Crippen molar-refractivity contribution >= 4 is 32.6 Å². The van der Waals surface area contributed by atoms with Gasteiger partial charge in [0.25, 0.3) is 0 Å². The number of nitrogens with two attached hydrogens (primary N) is 1. The fourth-order valence-corrected chi connectivity index (χ4v) is 4.41. The molecule has 0 bridgehead atoms. The first-order chi connectivity index (χ1) is 14.2. The number of anilines is 1. The molecule has 2 aromatic rings. The molecule has 0 unspecified atom stereocenters. The van der Waals surface area contributed by atoms with E-state index < -0.39 is 10.0 Å². The third-order valence-corrected chi connectivity index (χ3v) is 6.19. The van der Waals surface area contributed by atoms with Crippen LogP contribution in [0.15, 0.2) is 47.4 Å². The zero-order valence-corrected chi connectivity index (χ0v) is 19.3. The summed E-state index contributed by atoms with van der Waals surface area (Å²) in [4.78, 5) is 12.5. The minimum atomic E-state index is -4.12. The van der Waals surface area contributed by atoms with Gasteiger partial charge in [-0.25, -0.2) is 13.6 Å². The van der Waals surface area contributed by atoms with Gasteiger partial charge in [0.15, 0.2) is 5.75 Å². The molecule has 8 heteroatoms. The second-order valence-corrected chi connectivity index (χ2v) is 10.0. The van der Waals surface area contributed by atoms with Crippen LogP contribution in [0.2, 0.25) is 0 Å². The molecule has 164 valence electrons. The number of sulfonamides is 1. The molecule has 0 amide bonds. The number of hydrogen-bond donors (Lipinski definition) is 2. The van der Waals surface area contributed by atoms with E-state index in [1.54, 1.807) is 30.3 Å². The minimum absolute atomic E-state index is 0.100. The van der Waals surface area contributed by atoms with E-state index in [0.717, 1.165) is 19.3 Å². The molecule has 0 fully saturated rings. The average molecular weight is 451 g/mol. The summed E-state index contributed by atoms with van der Waals surface area (Å²) in [6, 6.07) is 11.8. The van der Waals surface area contributed by atoms with Gasteiger partial charge in [-0.2, -0.15) is 0 Å². The van der Waals surface area contributed by atoms with Gasteiger partial charge in [0.2, 0.25) is 15.1 Å². The van der Waals surface area contributed by atoms with Crippen LogP contribution in [-0.2, 0) is 10.0 Å². The van der Waals surface area contributed by atoms with Gasteiger partial charge in [-0.15, -0.1) is 0 Å². The molecule has 3 N–H and O–H groups in total. The van der Waals surface area contributed by atoms with Crippen LogP contribution in [0.25, 0.3) is 0 Å². The molecule has 0 saturated carbocycles. The second kappa shape index (κ2) is 11.4. The van der Waals surface area contributed by atoms with Crippen molar-refractivity contribution in [2.45, 2.75) is 44.9 Å². The Morgan fingerprint density at radius 1 is 1.20 bits per heavy atom. The van der Waals surface area contributed by atoms with E-state index >= 15 is 0 Å². The number of thioether (sulfide) groups is 1. The van der Waals surface area contributed by atoms with Gasteiger partial charge >= 0.3 is 0 Å². The number of rotatable bonds is 11. The number of nitrogens with one attached hydrogen (secondary N) is 1. The maximum Gasteiger partial charge on any atom is 0.241 e. The predicted octanol–water partition coefficient (Wildman–Crippen LogP) is 5.26.